The number of amides is 3. The van der Waals surface area contributed by atoms with Gasteiger partial charge in [-0.15, -0.1) is 0 Å². The summed E-state index contributed by atoms with van der Waals surface area (Å²) in [6, 6.07) is 7.81. The first kappa shape index (κ1) is 31.4. The smallest absolute Gasteiger partial charge is 0.318 e. The molecular weight excluding hydrogens is 484 g/mol. The number of urea groups is 1. The summed E-state index contributed by atoms with van der Waals surface area (Å²) < 4.78 is 0. The van der Waals surface area contributed by atoms with Crippen molar-refractivity contribution in [2.75, 3.05) is 19.6 Å². The summed E-state index contributed by atoms with van der Waals surface area (Å²) in [7, 11) is 0. The van der Waals surface area contributed by atoms with Gasteiger partial charge < -0.3 is 15.5 Å². The monoisotopic (exact) mass is 530 g/mol. The number of nitrogens with zero attached hydrogens (tertiary/aromatic N) is 1. The van der Waals surface area contributed by atoms with Crippen molar-refractivity contribution in [3.05, 3.63) is 35.9 Å². The maximum Gasteiger partial charge on any atom is 0.318 e. The molecule has 212 valence electrons. The van der Waals surface area contributed by atoms with Gasteiger partial charge in [0.15, 0.2) is 11.6 Å². The summed E-state index contributed by atoms with van der Waals surface area (Å²) in [4.78, 5) is 59.2. The molecule has 1 heterocycles. The van der Waals surface area contributed by atoms with Crippen molar-refractivity contribution in [3.63, 3.8) is 0 Å². The second-order valence-corrected chi connectivity index (χ2v) is 10.1. The molecule has 4 atom stereocenters. The van der Waals surface area contributed by atoms with Crippen molar-refractivity contribution in [3.8, 4) is 0 Å². The summed E-state index contributed by atoms with van der Waals surface area (Å²) in [5, 5.41) is 6.12. The molecular formula is C29H46N4O5. The van der Waals surface area contributed by atoms with Crippen LogP contribution < -0.4 is 16.1 Å². The van der Waals surface area contributed by atoms with Crippen LogP contribution >= 0.6 is 0 Å². The first-order valence-corrected chi connectivity index (χ1v) is 14.1. The molecule has 38 heavy (non-hydrogen) atoms. The van der Waals surface area contributed by atoms with E-state index in [9.17, 15) is 19.2 Å². The summed E-state index contributed by atoms with van der Waals surface area (Å²) in [6.45, 7) is 9.26. The second kappa shape index (κ2) is 16.9. The van der Waals surface area contributed by atoms with Gasteiger partial charge in [0, 0.05) is 38.4 Å². The molecule has 0 saturated carbocycles. The van der Waals surface area contributed by atoms with Crippen LogP contribution in [0.1, 0.15) is 78.2 Å². The van der Waals surface area contributed by atoms with Gasteiger partial charge in [0.2, 0.25) is 5.91 Å². The molecule has 0 aromatic heterocycles. The normalized spacial score (nSPS) is 17.8. The summed E-state index contributed by atoms with van der Waals surface area (Å²) >= 11 is 0. The van der Waals surface area contributed by atoms with Gasteiger partial charge in [-0.25, -0.2) is 10.3 Å². The minimum absolute atomic E-state index is 0.00683. The summed E-state index contributed by atoms with van der Waals surface area (Å²) in [6.07, 6.45) is 4.41. The van der Waals surface area contributed by atoms with E-state index in [4.69, 9.17) is 4.84 Å². The van der Waals surface area contributed by atoms with Crippen molar-refractivity contribution in [1.29, 1.82) is 0 Å². The van der Waals surface area contributed by atoms with E-state index >= 15 is 0 Å². The highest BCUT2D eigenvalue weighted by atomic mass is 16.6. The standard InChI is InChI=1S/C29H46N4O5/c1-5-8-10-15-23(18-26(35)32-38-20-22-13-11-9-12-14-22)28(36)24-19-30-16-17-33(24)29(37)31-27(21(4)6-2)25(34)7-3/h9,11-14,21,23-24,27,30H,5-8,10,15-20H2,1-4H3,(H,31,37)(H,32,35)/t21-,23-,24-,27-/m1/s1. The number of hydrogen-bond donors (Lipinski definition) is 3. The molecule has 0 unspecified atom stereocenters. The fraction of sp³-hybridized carbons (Fsp3) is 0.655. The van der Waals surface area contributed by atoms with Crippen LogP contribution in [0.3, 0.4) is 0 Å². The number of carbonyl (C=O) groups is 4. The first-order chi connectivity index (χ1) is 18.3. The highest BCUT2D eigenvalue weighted by molar-refractivity contribution is 5.94. The SMILES string of the molecule is CCCCC[C@H](CC(=O)NOCc1ccccc1)C(=O)[C@H]1CNCCN1C(=O)N[C@@H](C(=O)CC)[C@H](C)CC. The van der Waals surface area contributed by atoms with Gasteiger partial charge in [0.1, 0.15) is 6.04 Å². The minimum atomic E-state index is -0.706. The second-order valence-electron chi connectivity index (χ2n) is 10.1. The molecule has 0 radical (unpaired) electrons. The lowest BCUT2D eigenvalue weighted by atomic mass is 9.88. The Morgan fingerprint density at radius 1 is 1.11 bits per heavy atom. The molecule has 1 aliphatic heterocycles. The van der Waals surface area contributed by atoms with Crippen molar-refractivity contribution in [2.24, 2.45) is 11.8 Å². The number of carbonyl (C=O) groups excluding carboxylic acids is 4. The van der Waals surface area contributed by atoms with E-state index in [0.717, 1.165) is 31.2 Å². The van der Waals surface area contributed by atoms with Crippen LogP contribution in [-0.4, -0.2) is 60.1 Å². The molecule has 3 N–H and O–H groups in total. The van der Waals surface area contributed by atoms with Crippen LogP contribution in [0.25, 0.3) is 0 Å². The van der Waals surface area contributed by atoms with Gasteiger partial charge >= 0.3 is 6.03 Å². The zero-order valence-electron chi connectivity index (χ0n) is 23.5. The van der Waals surface area contributed by atoms with E-state index < -0.39 is 24.0 Å². The Hall–Kier alpha value is -2.78. The fourth-order valence-electron chi connectivity index (χ4n) is 4.71. The third-order valence-corrected chi connectivity index (χ3v) is 7.28. The molecule has 1 saturated heterocycles. The third kappa shape index (κ3) is 9.83. The van der Waals surface area contributed by atoms with Crippen molar-refractivity contribution in [1.82, 2.24) is 21.0 Å². The van der Waals surface area contributed by atoms with Crippen LogP contribution in [0.5, 0.6) is 0 Å². The van der Waals surface area contributed by atoms with Crippen LogP contribution in [0.2, 0.25) is 0 Å². The quantitative estimate of drug-likeness (QED) is 0.221. The van der Waals surface area contributed by atoms with E-state index in [1.54, 1.807) is 6.92 Å². The van der Waals surface area contributed by atoms with Gasteiger partial charge in [0.25, 0.3) is 0 Å². The molecule has 1 aromatic carbocycles. The number of hydroxylamine groups is 1. The first-order valence-electron chi connectivity index (χ1n) is 14.1. The fourth-order valence-corrected chi connectivity index (χ4v) is 4.71. The molecule has 3 amide bonds. The number of ketones is 2. The van der Waals surface area contributed by atoms with Crippen LogP contribution in [0.15, 0.2) is 30.3 Å². The maximum atomic E-state index is 13.8. The Kier molecular flexibility index (Phi) is 14.0. The third-order valence-electron chi connectivity index (χ3n) is 7.28. The Balaban J connectivity index is 2.08. The van der Waals surface area contributed by atoms with Gasteiger partial charge in [-0.05, 0) is 17.9 Å². The Bertz CT molecular complexity index is 894. The number of nitrogens with one attached hydrogen (secondary N) is 3. The molecule has 1 aromatic rings. The molecule has 9 heteroatoms. The molecule has 0 bridgehead atoms. The highest BCUT2D eigenvalue weighted by Crippen LogP contribution is 2.21. The Labute approximate surface area is 227 Å². The molecule has 2 rings (SSSR count). The number of hydrogen-bond acceptors (Lipinski definition) is 6. The number of unbranched alkanes of at least 4 members (excludes halogenated alkanes) is 2. The van der Waals surface area contributed by atoms with Crippen molar-refractivity contribution >= 4 is 23.5 Å². The van der Waals surface area contributed by atoms with Gasteiger partial charge in [0.05, 0.1) is 12.6 Å². The molecule has 1 aliphatic rings. The van der Waals surface area contributed by atoms with Crippen LogP contribution in [-0.2, 0) is 25.8 Å². The molecule has 0 aliphatic carbocycles. The van der Waals surface area contributed by atoms with E-state index in [0.29, 0.717) is 32.5 Å². The largest absolute Gasteiger partial charge is 0.328 e. The van der Waals surface area contributed by atoms with E-state index in [-0.39, 0.29) is 36.4 Å². The average molecular weight is 531 g/mol. The highest BCUT2D eigenvalue weighted by Gasteiger charge is 2.38. The van der Waals surface area contributed by atoms with E-state index in [2.05, 4.69) is 23.0 Å². The summed E-state index contributed by atoms with van der Waals surface area (Å²) in [5.74, 6) is -1.06. The Morgan fingerprint density at radius 3 is 2.50 bits per heavy atom. The average Bonchev–Trinajstić information content (AvgIpc) is 2.94. The predicted octanol–water partition coefficient (Wildman–Crippen LogP) is 3.77. The molecule has 9 nitrogen and oxygen atoms in total. The minimum Gasteiger partial charge on any atom is -0.328 e. The van der Waals surface area contributed by atoms with Gasteiger partial charge in [-0.2, -0.15) is 0 Å². The lowest BCUT2D eigenvalue weighted by molar-refractivity contribution is -0.139. The van der Waals surface area contributed by atoms with Gasteiger partial charge in [-0.3, -0.25) is 19.2 Å². The lowest BCUT2D eigenvalue weighted by Gasteiger charge is -2.38. The van der Waals surface area contributed by atoms with E-state index in [1.807, 2.05) is 44.2 Å². The van der Waals surface area contributed by atoms with Gasteiger partial charge in [-0.1, -0.05) is 83.7 Å². The zero-order valence-corrected chi connectivity index (χ0v) is 23.5. The Morgan fingerprint density at radius 2 is 1.84 bits per heavy atom. The maximum absolute atomic E-state index is 13.8. The zero-order chi connectivity index (χ0) is 27.9. The number of rotatable bonds is 16. The lowest BCUT2D eigenvalue weighted by Crippen LogP contribution is -2.62. The molecule has 0 spiro atoms. The topological polar surface area (TPSA) is 117 Å². The number of benzene rings is 1. The number of piperazine rings is 1. The van der Waals surface area contributed by atoms with E-state index in [1.165, 1.54) is 4.90 Å². The summed E-state index contributed by atoms with van der Waals surface area (Å²) in [5.41, 5.74) is 3.40. The van der Waals surface area contributed by atoms with Crippen LogP contribution in [0, 0.1) is 11.8 Å². The van der Waals surface area contributed by atoms with Crippen LogP contribution in [0.4, 0.5) is 4.79 Å². The predicted molar refractivity (Wildman–Crippen MR) is 147 cm³/mol. The van der Waals surface area contributed by atoms with Crippen molar-refractivity contribution in [2.45, 2.75) is 91.3 Å². The molecule has 1 fully saturated rings. The number of Topliss-reactive ketones (excluding diaryl/α,β-unsaturated/α-hetero) is 2. The van der Waals surface area contributed by atoms with Crippen molar-refractivity contribution < 1.29 is 24.0 Å².